The summed E-state index contributed by atoms with van der Waals surface area (Å²) in [5, 5.41) is 7.62. The third kappa shape index (κ3) is 2.86. The molecule has 0 atom stereocenters. The Labute approximate surface area is 108 Å². The molecule has 0 saturated heterocycles. The molecule has 2 N–H and O–H groups in total. The minimum atomic E-state index is -4.31. The van der Waals surface area contributed by atoms with Crippen LogP contribution in [0.15, 0.2) is 24.3 Å². The predicted molar refractivity (Wildman–Crippen MR) is 64.4 cm³/mol. The molecule has 0 saturated carbocycles. The fourth-order valence-electron chi connectivity index (χ4n) is 1.81. The van der Waals surface area contributed by atoms with Gasteiger partial charge in [0.15, 0.2) is 5.82 Å². The molecular formula is C12H13F3N4. The van der Waals surface area contributed by atoms with Crippen molar-refractivity contribution in [1.82, 2.24) is 15.0 Å². The zero-order valence-corrected chi connectivity index (χ0v) is 10.3. The van der Waals surface area contributed by atoms with Crippen molar-refractivity contribution in [1.29, 1.82) is 0 Å². The van der Waals surface area contributed by atoms with E-state index in [-0.39, 0.29) is 0 Å². The Kier molecular flexibility index (Phi) is 3.46. The van der Waals surface area contributed by atoms with Crippen LogP contribution in [-0.4, -0.2) is 15.0 Å². The molecule has 7 heteroatoms. The Bertz CT molecular complexity index is 557. The molecule has 1 heterocycles. The van der Waals surface area contributed by atoms with Crippen LogP contribution in [0.3, 0.4) is 0 Å². The highest BCUT2D eigenvalue weighted by molar-refractivity contribution is 5.33. The summed E-state index contributed by atoms with van der Waals surface area (Å²) in [7, 11) is 0. The third-order valence-corrected chi connectivity index (χ3v) is 2.82. The lowest BCUT2D eigenvalue weighted by Crippen LogP contribution is -2.08. The maximum Gasteiger partial charge on any atom is 0.416 e. The second-order valence-electron chi connectivity index (χ2n) is 4.13. The van der Waals surface area contributed by atoms with Gasteiger partial charge in [0.2, 0.25) is 0 Å². The van der Waals surface area contributed by atoms with Crippen molar-refractivity contribution in [2.45, 2.75) is 26.1 Å². The van der Waals surface area contributed by atoms with E-state index in [9.17, 15) is 13.2 Å². The predicted octanol–water partition coefficient (Wildman–Crippen LogP) is 2.49. The van der Waals surface area contributed by atoms with Gasteiger partial charge >= 0.3 is 6.18 Å². The van der Waals surface area contributed by atoms with Gasteiger partial charge in [0.1, 0.15) is 0 Å². The smallest absolute Gasteiger partial charge is 0.381 e. The van der Waals surface area contributed by atoms with Crippen LogP contribution in [-0.2, 0) is 19.1 Å². The van der Waals surface area contributed by atoms with Gasteiger partial charge in [-0.05, 0) is 24.1 Å². The first-order chi connectivity index (χ1) is 8.91. The SMILES string of the molecule is CCc1c(N)nnn1Cc1ccc(C(F)(F)F)cc1. The Morgan fingerprint density at radius 3 is 2.37 bits per heavy atom. The van der Waals surface area contributed by atoms with E-state index >= 15 is 0 Å². The number of hydrogen-bond acceptors (Lipinski definition) is 3. The molecule has 0 fully saturated rings. The van der Waals surface area contributed by atoms with Crippen molar-refractivity contribution in [3.8, 4) is 0 Å². The molecule has 0 aliphatic heterocycles. The fraction of sp³-hybridized carbons (Fsp3) is 0.333. The van der Waals surface area contributed by atoms with E-state index in [0.717, 1.165) is 17.8 Å². The van der Waals surface area contributed by atoms with E-state index in [1.54, 1.807) is 4.68 Å². The monoisotopic (exact) mass is 270 g/mol. The number of benzene rings is 1. The molecule has 4 nitrogen and oxygen atoms in total. The lowest BCUT2D eigenvalue weighted by Gasteiger charge is -2.08. The van der Waals surface area contributed by atoms with Crippen LogP contribution in [0.5, 0.6) is 0 Å². The van der Waals surface area contributed by atoms with Crippen LogP contribution in [0, 0.1) is 0 Å². The zero-order chi connectivity index (χ0) is 14.0. The van der Waals surface area contributed by atoms with Crippen LogP contribution < -0.4 is 5.73 Å². The van der Waals surface area contributed by atoms with Crippen molar-refractivity contribution in [3.05, 3.63) is 41.1 Å². The summed E-state index contributed by atoms with van der Waals surface area (Å²) in [6.45, 7) is 2.27. The number of anilines is 1. The standard InChI is InChI=1S/C12H13F3N4/c1-2-10-11(16)17-18-19(10)7-8-3-5-9(6-4-8)12(13,14)15/h3-6H,2,7,16H2,1H3. The van der Waals surface area contributed by atoms with E-state index in [2.05, 4.69) is 10.3 Å². The molecule has 102 valence electrons. The topological polar surface area (TPSA) is 56.7 Å². The minimum Gasteiger partial charge on any atom is -0.381 e. The van der Waals surface area contributed by atoms with Crippen LogP contribution in [0.1, 0.15) is 23.7 Å². The van der Waals surface area contributed by atoms with E-state index in [1.807, 2.05) is 6.92 Å². The van der Waals surface area contributed by atoms with Crippen LogP contribution in [0.2, 0.25) is 0 Å². The molecule has 0 aliphatic rings. The lowest BCUT2D eigenvalue weighted by atomic mass is 10.1. The molecule has 2 aromatic rings. The maximum atomic E-state index is 12.4. The Morgan fingerprint density at radius 1 is 1.21 bits per heavy atom. The normalized spacial score (nSPS) is 11.8. The molecule has 1 aromatic heterocycles. The second-order valence-corrected chi connectivity index (χ2v) is 4.13. The Hall–Kier alpha value is -2.05. The highest BCUT2D eigenvalue weighted by Gasteiger charge is 2.29. The van der Waals surface area contributed by atoms with Crippen molar-refractivity contribution in [2.75, 3.05) is 5.73 Å². The van der Waals surface area contributed by atoms with E-state index in [0.29, 0.717) is 24.3 Å². The summed E-state index contributed by atoms with van der Waals surface area (Å²) in [5.41, 5.74) is 6.47. The summed E-state index contributed by atoms with van der Waals surface area (Å²) in [6.07, 6.45) is -3.65. The molecule has 19 heavy (non-hydrogen) atoms. The van der Waals surface area contributed by atoms with Crippen LogP contribution in [0.4, 0.5) is 19.0 Å². The summed E-state index contributed by atoms with van der Waals surface area (Å²) < 4.78 is 38.9. The first kappa shape index (κ1) is 13.4. The first-order valence-electron chi connectivity index (χ1n) is 5.75. The number of hydrogen-bond donors (Lipinski definition) is 1. The first-order valence-corrected chi connectivity index (χ1v) is 5.75. The summed E-state index contributed by atoms with van der Waals surface area (Å²) in [6, 6.07) is 4.97. The quantitative estimate of drug-likeness (QED) is 0.932. The lowest BCUT2D eigenvalue weighted by molar-refractivity contribution is -0.137. The highest BCUT2D eigenvalue weighted by Crippen LogP contribution is 2.29. The summed E-state index contributed by atoms with van der Waals surface area (Å²) in [4.78, 5) is 0. The number of alkyl halides is 3. The molecule has 0 amide bonds. The number of halogens is 3. The van der Waals surface area contributed by atoms with Gasteiger partial charge < -0.3 is 5.73 Å². The average molecular weight is 270 g/mol. The van der Waals surface area contributed by atoms with Crippen molar-refractivity contribution >= 4 is 5.82 Å². The summed E-state index contributed by atoms with van der Waals surface area (Å²) >= 11 is 0. The maximum absolute atomic E-state index is 12.4. The van der Waals surface area contributed by atoms with Crippen LogP contribution in [0.25, 0.3) is 0 Å². The molecular weight excluding hydrogens is 257 g/mol. The van der Waals surface area contributed by atoms with Gasteiger partial charge in [-0.2, -0.15) is 13.2 Å². The Balaban J connectivity index is 2.20. The highest BCUT2D eigenvalue weighted by atomic mass is 19.4. The van der Waals surface area contributed by atoms with Crippen LogP contribution >= 0.6 is 0 Å². The van der Waals surface area contributed by atoms with Gasteiger partial charge in [0, 0.05) is 0 Å². The van der Waals surface area contributed by atoms with E-state index < -0.39 is 11.7 Å². The van der Waals surface area contributed by atoms with Gasteiger partial charge in [-0.3, -0.25) is 0 Å². The van der Waals surface area contributed by atoms with E-state index in [4.69, 9.17) is 5.73 Å². The van der Waals surface area contributed by atoms with E-state index in [1.165, 1.54) is 12.1 Å². The van der Waals surface area contributed by atoms with Crippen molar-refractivity contribution < 1.29 is 13.2 Å². The molecule has 0 radical (unpaired) electrons. The molecule has 0 spiro atoms. The van der Waals surface area contributed by atoms with Crippen molar-refractivity contribution in [3.63, 3.8) is 0 Å². The van der Waals surface area contributed by atoms with Gasteiger partial charge in [-0.25, -0.2) is 4.68 Å². The zero-order valence-electron chi connectivity index (χ0n) is 10.3. The molecule has 2 rings (SSSR count). The number of nitrogens with zero attached hydrogens (tertiary/aromatic N) is 3. The number of aromatic nitrogens is 3. The molecule has 0 bridgehead atoms. The number of nitrogen functional groups attached to an aromatic ring is 1. The number of nitrogens with two attached hydrogens (primary N) is 1. The largest absolute Gasteiger partial charge is 0.416 e. The average Bonchev–Trinajstić information content (AvgIpc) is 2.69. The fourth-order valence-corrected chi connectivity index (χ4v) is 1.81. The number of rotatable bonds is 3. The van der Waals surface area contributed by atoms with Gasteiger partial charge in [0.05, 0.1) is 17.8 Å². The van der Waals surface area contributed by atoms with Gasteiger partial charge in [0.25, 0.3) is 0 Å². The summed E-state index contributed by atoms with van der Waals surface area (Å²) in [5.74, 6) is 0.356. The third-order valence-electron chi connectivity index (χ3n) is 2.82. The van der Waals surface area contributed by atoms with Crippen molar-refractivity contribution in [2.24, 2.45) is 0 Å². The second kappa shape index (κ2) is 4.91. The minimum absolute atomic E-state index is 0.353. The molecule has 0 unspecified atom stereocenters. The molecule has 0 aliphatic carbocycles. The molecule has 1 aromatic carbocycles. The Morgan fingerprint density at radius 2 is 1.84 bits per heavy atom. The van der Waals surface area contributed by atoms with Gasteiger partial charge in [-0.15, -0.1) is 5.10 Å². The van der Waals surface area contributed by atoms with Gasteiger partial charge in [-0.1, -0.05) is 24.3 Å².